The van der Waals surface area contributed by atoms with Gasteiger partial charge in [0.15, 0.2) is 11.6 Å². The number of carboxylic acids is 1. The van der Waals surface area contributed by atoms with E-state index in [0.717, 1.165) is 9.93 Å². The molecule has 2 N–H and O–H groups in total. The van der Waals surface area contributed by atoms with Crippen LogP contribution in [0.25, 0.3) is 16.7 Å². The molecule has 1 amide bonds. The van der Waals surface area contributed by atoms with Crippen molar-refractivity contribution in [3.05, 3.63) is 70.8 Å². The third-order valence-corrected chi connectivity index (χ3v) is 8.68. The number of hydrazine groups is 1. The molecule has 2 aromatic carbocycles. The van der Waals surface area contributed by atoms with Crippen LogP contribution >= 0.6 is 23.2 Å². The van der Waals surface area contributed by atoms with Crippen molar-refractivity contribution in [2.45, 2.75) is 11.8 Å². The van der Waals surface area contributed by atoms with Gasteiger partial charge in [0.1, 0.15) is 6.54 Å². The van der Waals surface area contributed by atoms with Gasteiger partial charge < -0.3 is 14.9 Å². The van der Waals surface area contributed by atoms with Crippen LogP contribution in [-0.2, 0) is 19.6 Å². The highest BCUT2D eigenvalue weighted by Crippen LogP contribution is 2.30. The number of rotatable bonds is 8. The Bertz CT molecular complexity index is 1700. The van der Waals surface area contributed by atoms with Gasteiger partial charge in [-0.25, -0.2) is 5.43 Å². The number of piperazine rings is 1. The first-order valence-electron chi connectivity index (χ1n) is 12.5. The van der Waals surface area contributed by atoms with Crippen molar-refractivity contribution < 1.29 is 23.1 Å². The summed E-state index contributed by atoms with van der Waals surface area (Å²) in [5, 5.41) is 18.9. The minimum absolute atomic E-state index is 0.0565. The number of aromatic nitrogens is 3. The molecule has 1 aliphatic rings. The quantitative estimate of drug-likeness (QED) is 0.285. The van der Waals surface area contributed by atoms with Gasteiger partial charge in [0.05, 0.1) is 16.1 Å². The van der Waals surface area contributed by atoms with Crippen LogP contribution in [0.4, 0.5) is 11.5 Å². The topological polar surface area (TPSA) is 141 Å². The molecule has 0 spiro atoms. The number of carbonyl (C=O) groups excluding carboxylic acids is 1. The van der Waals surface area contributed by atoms with Crippen LogP contribution in [0.15, 0.2) is 65.7 Å². The lowest BCUT2D eigenvalue weighted by Crippen LogP contribution is -2.48. The van der Waals surface area contributed by atoms with Gasteiger partial charge in [-0.3, -0.25) is 14.2 Å². The second kappa shape index (κ2) is 11.5. The van der Waals surface area contributed by atoms with Gasteiger partial charge in [-0.15, -0.1) is 10.2 Å². The zero-order valence-corrected chi connectivity index (χ0v) is 24.1. The maximum absolute atomic E-state index is 13.5. The van der Waals surface area contributed by atoms with Crippen molar-refractivity contribution >= 4 is 67.5 Å². The normalized spacial score (nSPS) is 13.9. The van der Waals surface area contributed by atoms with Crippen molar-refractivity contribution in [1.29, 1.82) is 0 Å². The van der Waals surface area contributed by atoms with Crippen LogP contribution in [0.5, 0.6) is 0 Å². The summed E-state index contributed by atoms with van der Waals surface area (Å²) in [5.74, 6) is 0.0772. The van der Waals surface area contributed by atoms with Crippen LogP contribution < -0.4 is 14.7 Å². The molecule has 4 aromatic rings. The van der Waals surface area contributed by atoms with E-state index in [0.29, 0.717) is 43.2 Å². The highest BCUT2D eigenvalue weighted by Gasteiger charge is 2.27. The fourth-order valence-corrected chi connectivity index (χ4v) is 6.60. The zero-order chi connectivity index (χ0) is 29.3. The number of anilines is 2. The third-order valence-electron chi connectivity index (χ3n) is 6.59. The van der Waals surface area contributed by atoms with Crippen LogP contribution in [0, 0.1) is 0 Å². The SMILES string of the molecule is CC(=O)N1CCN(c2ccc(-n3ccc4cc(N(NCC(=O)O)S(=O)(=O)c5cc(Cl)cc(Cl)c5)ccc43)nn2)CC1. The summed E-state index contributed by atoms with van der Waals surface area (Å²) >= 11 is 12.1. The number of sulfonamides is 1. The lowest BCUT2D eigenvalue weighted by molar-refractivity contribution is -0.136. The predicted octanol–water partition coefficient (Wildman–Crippen LogP) is 3.18. The van der Waals surface area contributed by atoms with Crippen LogP contribution in [0.1, 0.15) is 6.92 Å². The minimum Gasteiger partial charge on any atom is -0.480 e. The molecule has 1 aliphatic heterocycles. The van der Waals surface area contributed by atoms with E-state index < -0.39 is 22.5 Å². The van der Waals surface area contributed by atoms with Gasteiger partial charge in [0.2, 0.25) is 5.91 Å². The summed E-state index contributed by atoms with van der Waals surface area (Å²) in [6.07, 6.45) is 1.78. The molecule has 12 nitrogen and oxygen atoms in total. The van der Waals surface area contributed by atoms with E-state index >= 15 is 0 Å². The number of amides is 1. The first-order valence-corrected chi connectivity index (χ1v) is 14.6. The van der Waals surface area contributed by atoms with Crippen LogP contribution in [0.2, 0.25) is 10.0 Å². The molecule has 0 bridgehead atoms. The molecule has 3 heterocycles. The summed E-state index contributed by atoms with van der Waals surface area (Å²) in [7, 11) is -4.30. The van der Waals surface area contributed by atoms with Gasteiger partial charge in [0.25, 0.3) is 10.0 Å². The second-order valence-corrected chi connectivity index (χ2v) is 11.9. The van der Waals surface area contributed by atoms with E-state index in [1.165, 1.54) is 18.2 Å². The van der Waals surface area contributed by atoms with Crippen molar-refractivity contribution in [2.24, 2.45) is 0 Å². The number of aliphatic carboxylic acids is 1. The number of hydrogen-bond donors (Lipinski definition) is 2. The number of nitrogens with zero attached hydrogens (tertiary/aromatic N) is 6. The molecule has 41 heavy (non-hydrogen) atoms. The molecule has 0 atom stereocenters. The Balaban J connectivity index is 1.43. The number of nitrogens with one attached hydrogen (secondary N) is 1. The molecule has 214 valence electrons. The molecule has 0 radical (unpaired) electrons. The highest BCUT2D eigenvalue weighted by molar-refractivity contribution is 7.92. The Morgan fingerprint density at radius 2 is 1.61 bits per heavy atom. The maximum atomic E-state index is 13.5. The average molecular weight is 619 g/mol. The zero-order valence-electron chi connectivity index (χ0n) is 21.7. The molecule has 1 fully saturated rings. The van der Waals surface area contributed by atoms with E-state index in [1.807, 2.05) is 16.7 Å². The summed E-state index contributed by atoms with van der Waals surface area (Å²) < 4.78 is 29.7. The van der Waals surface area contributed by atoms with Crippen molar-refractivity contribution in [2.75, 3.05) is 42.0 Å². The first kappa shape index (κ1) is 28.6. The summed E-state index contributed by atoms with van der Waals surface area (Å²) in [6, 6.07) is 14.2. The third kappa shape index (κ3) is 6.07. The number of hydrogen-bond acceptors (Lipinski definition) is 8. The van der Waals surface area contributed by atoms with E-state index in [1.54, 1.807) is 42.3 Å². The molecule has 5 rings (SSSR count). The highest BCUT2D eigenvalue weighted by atomic mass is 35.5. The maximum Gasteiger partial charge on any atom is 0.319 e. The molecule has 0 saturated carbocycles. The molecule has 1 saturated heterocycles. The number of halogens is 2. The lowest BCUT2D eigenvalue weighted by atomic mass is 10.2. The van der Waals surface area contributed by atoms with Crippen LogP contribution in [-0.4, -0.2) is 77.8 Å². The van der Waals surface area contributed by atoms with Gasteiger partial charge in [-0.05, 0) is 54.6 Å². The Hall–Kier alpha value is -3.91. The monoisotopic (exact) mass is 617 g/mol. The number of carbonyl (C=O) groups is 2. The largest absolute Gasteiger partial charge is 0.480 e. The van der Waals surface area contributed by atoms with E-state index in [2.05, 4.69) is 20.5 Å². The Labute approximate surface area is 245 Å². The van der Waals surface area contributed by atoms with Crippen LogP contribution in [0.3, 0.4) is 0 Å². The van der Waals surface area contributed by atoms with Crippen molar-refractivity contribution in [3.8, 4) is 5.82 Å². The number of benzene rings is 2. The minimum atomic E-state index is -4.30. The average Bonchev–Trinajstić information content (AvgIpc) is 3.36. The Morgan fingerprint density at radius 3 is 2.22 bits per heavy atom. The molecule has 0 aliphatic carbocycles. The molecular weight excluding hydrogens is 593 g/mol. The second-order valence-electron chi connectivity index (χ2n) is 9.27. The standard InChI is InChI=1S/C26H25Cl2N7O5S/c1-17(36)32-8-10-33(11-9-32)24-4-5-25(31-30-24)34-7-6-18-12-21(2-3-23(18)34)35(29-16-26(37)38)41(39,40)22-14-19(27)13-20(28)15-22/h2-7,12-15,29H,8-11,16H2,1H3,(H,37,38). The number of carboxylic acid groups (broad SMARTS) is 1. The van der Waals surface area contributed by atoms with Gasteiger partial charge in [-0.2, -0.15) is 12.8 Å². The predicted molar refractivity (Wildman–Crippen MR) is 155 cm³/mol. The van der Waals surface area contributed by atoms with E-state index in [-0.39, 0.29) is 26.5 Å². The van der Waals surface area contributed by atoms with E-state index in [9.17, 15) is 23.1 Å². The molecule has 0 unspecified atom stereocenters. The lowest BCUT2D eigenvalue weighted by Gasteiger charge is -2.34. The summed E-state index contributed by atoms with van der Waals surface area (Å²) in [6.45, 7) is 3.49. The van der Waals surface area contributed by atoms with Gasteiger partial charge in [-0.1, -0.05) is 23.2 Å². The molecule has 15 heteroatoms. The fourth-order valence-electron chi connectivity index (χ4n) is 4.56. The smallest absolute Gasteiger partial charge is 0.319 e. The fraction of sp³-hybridized carbons (Fsp3) is 0.231. The van der Waals surface area contributed by atoms with Crippen molar-refractivity contribution in [3.63, 3.8) is 0 Å². The molecule has 2 aromatic heterocycles. The molecular formula is C26H25Cl2N7O5S. The Kier molecular flexibility index (Phi) is 8.04. The van der Waals surface area contributed by atoms with Gasteiger partial charge in [0, 0.05) is 54.7 Å². The van der Waals surface area contributed by atoms with Crippen molar-refractivity contribution in [1.82, 2.24) is 25.1 Å². The van der Waals surface area contributed by atoms with Gasteiger partial charge >= 0.3 is 5.97 Å². The Morgan fingerprint density at radius 1 is 0.951 bits per heavy atom. The first-order chi connectivity index (χ1) is 19.5. The van der Waals surface area contributed by atoms with E-state index in [4.69, 9.17) is 23.2 Å². The number of fused-ring (bicyclic) bond motifs is 1. The summed E-state index contributed by atoms with van der Waals surface area (Å²) in [4.78, 5) is 26.5. The summed E-state index contributed by atoms with van der Waals surface area (Å²) in [5.41, 5.74) is 3.38.